The predicted molar refractivity (Wildman–Crippen MR) is 43.5 cm³/mol. The molecule has 0 fully saturated rings. The molecule has 54 valence electrons. The molecule has 0 aromatic carbocycles. The molecule has 9 heavy (non-hydrogen) atoms. The van der Waals surface area contributed by atoms with Gasteiger partial charge in [0.15, 0.2) is 0 Å². The lowest BCUT2D eigenvalue weighted by atomic mass is 9.96. The van der Waals surface area contributed by atoms with Gasteiger partial charge >= 0.3 is 0 Å². The molecule has 0 aromatic heterocycles. The average Bonchev–Trinajstić information content (AvgIpc) is 1.82. The Morgan fingerprint density at radius 3 is 1.89 bits per heavy atom. The van der Waals surface area contributed by atoms with Gasteiger partial charge in [-0.3, -0.25) is 0 Å². The van der Waals surface area contributed by atoms with Crippen molar-refractivity contribution in [3.63, 3.8) is 0 Å². The largest absolute Gasteiger partial charge is 0.100 e. The highest BCUT2D eigenvalue weighted by molar-refractivity contribution is 4.89. The minimum atomic E-state index is 0.877. The second-order valence-corrected chi connectivity index (χ2v) is 2.84. The number of allylic oxidation sites excluding steroid dienone is 1. The molecule has 0 aliphatic heterocycles. The highest BCUT2D eigenvalue weighted by atomic mass is 14.1. The van der Waals surface area contributed by atoms with Gasteiger partial charge in [-0.1, -0.05) is 32.3 Å². The summed E-state index contributed by atoms with van der Waals surface area (Å²) in [4.78, 5) is 0. The van der Waals surface area contributed by atoms with E-state index in [0.29, 0.717) is 0 Å². The minimum absolute atomic E-state index is 0.877. The lowest BCUT2D eigenvalue weighted by molar-refractivity contribution is 0.489. The number of hydrogen-bond donors (Lipinski definition) is 0. The molecule has 0 saturated carbocycles. The fourth-order valence-electron chi connectivity index (χ4n) is 1.07. The summed E-state index contributed by atoms with van der Waals surface area (Å²) in [6.07, 6.45) is 3.81. The van der Waals surface area contributed by atoms with Gasteiger partial charge < -0.3 is 0 Å². The normalized spacial score (nSPS) is 10.2. The van der Waals surface area contributed by atoms with Crippen LogP contribution in [0.1, 0.15) is 40.0 Å². The van der Waals surface area contributed by atoms with Crippen molar-refractivity contribution < 1.29 is 0 Å². The van der Waals surface area contributed by atoms with E-state index >= 15 is 0 Å². The highest BCUT2D eigenvalue weighted by Crippen LogP contribution is 2.16. The summed E-state index contributed by atoms with van der Waals surface area (Å²) in [6.45, 7) is 10.5. The summed E-state index contributed by atoms with van der Waals surface area (Å²) in [6, 6.07) is 0. The van der Waals surface area contributed by atoms with Crippen LogP contribution in [0.2, 0.25) is 0 Å². The van der Waals surface area contributed by atoms with E-state index in [1.165, 1.54) is 24.8 Å². The molecule has 0 bridgehead atoms. The zero-order valence-electron chi connectivity index (χ0n) is 6.91. The Labute approximate surface area is 59.0 Å². The number of hydrogen-bond acceptors (Lipinski definition) is 0. The zero-order valence-corrected chi connectivity index (χ0v) is 6.91. The van der Waals surface area contributed by atoms with Crippen LogP contribution in [0.3, 0.4) is 0 Å². The van der Waals surface area contributed by atoms with Crippen LogP contribution in [0.4, 0.5) is 0 Å². The first-order chi connectivity index (χ1) is 4.20. The third kappa shape index (κ3) is 4.26. The standard InChI is InChI=1S/C9H18/c1-5-9(6-2)7-8(3)4/h9H,3,5-7H2,1-2,4H3. The molecule has 0 aliphatic carbocycles. The summed E-state index contributed by atoms with van der Waals surface area (Å²) in [5, 5.41) is 0. The second kappa shape index (κ2) is 4.60. The van der Waals surface area contributed by atoms with E-state index in [0.717, 1.165) is 5.92 Å². The van der Waals surface area contributed by atoms with Gasteiger partial charge in [0.1, 0.15) is 0 Å². The van der Waals surface area contributed by atoms with Crippen LogP contribution in [-0.4, -0.2) is 0 Å². The molecule has 0 heterocycles. The molecule has 0 atom stereocenters. The van der Waals surface area contributed by atoms with Gasteiger partial charge in [0.25, 0.3) is 0 Å². The fraction of sp³-hybridized carbons (Fsp3) is 0.778. The minimum Gasteiger partial charge on any atom is -0.100 e. The van der Waals surface area contributed by atoms with E-state index in [9.17, 15) is 0 Å². The van der Waals surface area contributed by atoms with Crippen molar-refractivity contribution in [1.29, 1.82) is 0 Å². The molecule has 0 N–H and O–H groups in total. The van der Waals surface area contributed by atoms with Crippen molar-refractivity contribution in [3.8, 4) is 0 Å². The third-order valence-corrected chi connectivity index (χ3v) is 1.79. The lowest BCUT2D eigenvalue weighted by Crippen LogP contribution is -1.95. The summed E-state index contributed by atoms with van der Waals surface area (Å²) in [7, 11) is 0. The van der Waals surface area contributed by atoms with Gasteiger partial charge in [-0.15, -0.1) is 6.58 Å². The van der Waals surface area contributed by atoms with Crippen LogP contribution in [0.25, 0.3) is 0 Å². The van der Waals surface area contributed by atoms with E-state index in [4.69, 9.17) is 0 Å². The molecule has 0 aromatic rings. The van der Waals surface area contributed by atoms with Crippen LogP contribution in [0.5, 0.6) is 0 Å². The zero-order chi connectivity index (χ0) is 7.28. The van der Waals surface area contributed by atoms with E-state index < -0.39 is 0 Å². The van der Waals surface area contributed by atoms with Gasteiger partial charge in [-0.05, 0) is 19.3 Å². The van der Waals surface area contributed by atoms with E-state index in [1.54, 1.807) is 0 Å². The van der Waals surface area contributed by atoms with Crippen molar-refractivity contribution in [2.24, 2.45) is 5.92 Å². The molecule has 0 amide bonds. The molecule has 0 unspecified atom stereocenters. The maximum absolute atomic E-state index is 3.89. The molecule has 0 aliphatic rings. The third-order valence-electron chi connectivity index (χ3n) is 1.79. The van der Waals surface area contributed by atoms with Crippen LogP contribution in [-0.2, 0) is 0 Å². The average molecular weight is 126 g/mol. The molecule has 0 heteroatoms. The van der Waals surface area contributed by atoms with Crippen molar-refractivity contribution in [3.05, 3.63) is 12.2 Å². The van der Waals surface area contributed by atoms with Gasteiger partial charge in [-0.2, -0.15) is 0 Å². The van der Waals surface area contributed by atoms with Gasteiger partial charge in [0.2, 0.25) is 0 Å². The number of rotatable bonds is 4. The van der Waals surface area contributed by atoms with E-state index in [-0.39, 0.29) is 0 Å². The van der Waals surface area contributed by atoms with Crippen molar-refractivity contribution in [2.45, 2.75) is 40.0 Å². The van der Waals surface area contributed by atoms with E-state index in [1.807, 2.05) is 0 Å². The van der Waals surface area contributed by atoms with Crippen molar-refractivity contribution >= 4 is 0 Å². The van der Waals surface area contributed by atoms with Crippen LogP contribution in [0, 0.1) is 5.92 Å². The second-order valence-electron chi connectivity index (χ2n) is 2.84. The first-order valence-electron chi connectivity index (χ1n) is 3.85. The monoisotopic (exact) mass is 126 g/mol. The van der Waals surface area contributed by atoms with Crippen molar-refractivity contribution in [2.75, 3.05) is 0 Å². The fourth-order valence-corrected chi connectivity index (χ4v) is 1.07. The SMILES string of the molecule is C=C(C)CC(CC)CC. The maximum Gasteiger partial charge on any atom is -0.0297 e. The Kier molecular flexibility index (Phi) is 4.47. The van der Waals surface area contributed by atoms with Gasteiger partial charge in [0, 0.05) is 0 Å². The van der Waals surface area contributed by atoms with E-state index in [2.05, 4.69) is 27.4 Å². The summed E-state index contributed by atoms with van der Waals surface area (Å²) >= 11 is 0. The topological polar surface area (TPSA) is 0 Å². The quantitative estimate of drug-likeness (QED) is 0.506. The molecular weight excluding hydrogens is 108 g/mol. The summed E-state index contributed by atoms with van der Waals surface area (Å²) in [5.41, 5.74) is 1.32. The van der Waals surface area contributed by atoms with Crippen LogP contribution in [0.15, 0.2) is 12.2 Å². The van der Waals surface area contributed by atoms with Crippen LogP contribution < -0.4 is 0 Å². The molecular formula is C9H18. The predicted octanol–water partition coefficient (Wildman–Crippen LogP) is 3.39. The molecule has 0 spiro atoms. The Bertz CT molecular complexity index is 78.0. The van der Waals surface area contributed by atoms with Gasteiger partial charge in [-0.25, -0.2) is 0 Å². The molecule has 0 saturated heterocycles. The Balaban J connectivity index is 3.43. The summed E-state index contributed by atoms with van der Waals surface area (Å²) in [5.74, 6) is 0.877. The molecule has 0 rings (SSSR count). The lowest BCUT2D eigenvalue weighted by Gasteiger charge is -2.10. The van der Waals surface area contributed by atoms with Crippen molar-refractivity contribution in [1.82, 2.24) is 0 Å². The Hall–Kier alpha value is -0.260. The van der Waals surface area contributed by atoms with Crippen LogP contribution >= 0.6 is 0 Å². The first-order valence-corrected chi connectivity index (χ1v) is 3.85. The molecule has 0 radical (unpaired) electrons. The smallest absolute Gasteiger partial charge is 0.0297 e. The molecule has 0 nitrogen and oxygen atoms in total. The first kappa shape index (κ1) is 8.74. The summed E-state index contributed by atoms with van der Waals surface area (Å²) < 4.78 is 0. The van der Waals surface area contributed by atoms with Gasteiger partial charge in [0.05, 0.1) is 0 Å². The highest BCUT2D eigenvalue weighted by Gasteiger charge is 2.01. The Morgan fingerprint density at radius 2 is 1.78 bits per heavy atom. The maximum atomic E-state index is 3.89. The Morgan fingerprint density at radius 1 is 1.33 bits per heavy atom.